The summed E-state index contributed by atoms with van der Waals surface area (Å²) < 4.78 is 11.4. The molecule has 13 heavy (non-hydrogen) atoms. The standard InChI is InChI=1S/C10H15NOS/c1-13(12)10(7-8-11)9-5-3-2-4-6-9/h2-6,10H,7-8,11H2,1H3. The first-order valence-electron chi connectivity index (χ1n) is 4.33. The molecule has 0 amide bonds. The molecule has 2 N–H and O–H groups in total. The lowest BCUT2D eigenvalue weighted by molar-refractivity contribution is 0.668. The summed E-state index contributed by atoms with van der Waals surface area (Å²) in [7, 11) is -0.834. The maximum Gasteiger partial charge on any atom is 0.0606 e. The van der Waals surface area contributed by atoms with Crippen LogP contribution >= 0.6 is 0 Å². The summed E-state index contributed by atoms with van der Waals surface area (Å²) >= 11 is 0. The third-order valence-corrected chi connectivity index (χ3v) is 3.31. The molecule has 1 aromatic carbocycles. The van der Waals surface area contributed by atoms with E-state index in [0.717, 1.165) is 12.0 Å². The fourth-order valence-corrected chi connectivity index (χ4v) is 2.35. The molecule has 0 aromatic heterocycles. The quantitative estimate of drug-likeness (QED) is 0.794. The van der Waals surface area contributed by atoms with Gasteiger partial charge in [0.25, 0.3) is 0 Å². The Morgan fingerprint density at radius 2 is 2.00 bits per heavy atom. The van der Waals surface area contributed by atoms with Gasteiger partial charge in [0.15, 0.2) is 0 Å². The van der Waals surface area contributed by atoms with Crippen LogP contribution in [0.5, 0.6) is 0 Å². The van der Waals surface area contributed by atoms with Crippen LogP contribution in [0.25, 0.3) is 0 Å². The molecule has 0 aliphatic rings. The molecule has 1 aromatic rings. The number of nitrogens with two attached hydrogens (primary N) is 1. The predicted octanol–water partition coefficient (Wildman–Crippen LogP) is 1.46. The van der Waals surface area contributed by atoms with Gasteiger partial charge in [-0.1, -0.05) is 30.3 Å². The van der Waals surface area contributed by atoms with E-state index >= 15 is 0 Å². The lowest BCUT2D eigenvalue weighted by atomic mass is 10.1. The minimum Gasteiger partial charge on any atom is -0.330 e. The third-order valence-electron chi connectivity index (χ3n) is 2.00. The Balaban J connectivity index is 2.82. The van der Waals surface area contributed by atoms with E-state index in [4.69, 9.17) is 5.73 Å². The lowest BCUT2D eigenvalue weighted by Crippen LogP contribution is -2.11. The van der Waals surface area contributed by atoms with Crippen LogP contribution < -0.4 is 5.73 Å². The fourth-order valence-electron chi connectivity index (χ4n) is 1.34. The van der Waals surface area contributed by atoms with Crippen LogP contribution in [0.1, 0.15) is 17.2 Å². The van der Waals surface area contributed by atoms with Crippen molar-refractivity contribution < 1.29 is 4.21 Å². The van der Waals surface area contributed by atoms with Crippen molar-refractivity contribution in [3.8, 4) is 0 Å². The second-order valence-electron chi connectivity index (χ2n) is 2.98. The first-order valence-corrected chi connectivity index (χ1v) is 5.95. The smallest absolute Gasteiger partial charge is 0.0606 e. The van der Waals surface area contributed by atoms with Crippen molar-refractivity contribution in [1.82, 2.24) is 0 Å². The first kappa shape index (κ1) is 10.4. The summed E-state index contributed by atoms with van der Waals surface area (Å²) in [5.41, 5.74) is 6.59. The van der Waals surface area contributed by atoms with Crippen molar-refractivity contribution in [2.45, 2.75) is 11.7 Å². The second-order valence-corrected chi connectivity index (χ2v) is 4.54. The molecule has 0 spiro atoms. The average molecular weight is 197 g/mol. The average Bonchev–Trinajstić information content (AvgIpc) is 2.15. The minimum absolute atomic E-state index is 0.0891. The SMILES string of the molecule is CS(=O)C(CCN)c1ccccc1. The Kier molecular flexibility index (Phi) is 4.12. The molecule has 0 aliphatic heterocycles. The van der Waals surface area contributed by atoms with E-state index in [1.807, 2.05) is 30.3 Å². The third kappa shape index (κ3) is 2.94. The molecule has 0 aliphatic carbocycles. The van der Waals surface area contributed by atoms with Gasteiger partial charge in [0.05, 0.1) is 5.25 Å². The van der Waals surface area contributed by atoms with Gasteiger partial charge in [-0.05, 0) is 18.5 Å². The second kappa shape index (κ2) is 5.14. The molecule has 0 fully saturated rings. The zero-order chi connectivity index (χ0) is 9.68. The molecule has 0 saturated heterocycles. The van der Waals surface area contributed by atoms with Gasteiger partial charge in [-0.3, -0.25) is 4.21 Å². The van der Waals surface area contributed by atoms with Gasteiger partial charge in [0.2, 0.25) is 0 Å². The maximum absolute atomic E-state index is 11.4. The van der Waals surface area contributed by atoms with E-state index in [9.17, 15) is 4.21 Å². The van der Waals surface area contributed by atoms with Crippen molar-refractivity contribution >= 4 is 10.8 Å². The molecule has 2 nitrogen and oxygen atoms in total. The Bertz CT molecular complexity index is 274. The Labute approximate surface area is 81.6 Å². The largest absolute Gasteiger partial charge is 0.330 e. The van der Waals surface area contributed by atoms with Gasteiger partial charge in [-0.15, -0.1) is 0 Å². The van der Waals surface area contributed by atoms with Gasteiger partial charge in [-0.25, -0.2) is 0 Å². The van der Waals surface area contributed by atoms with Gasteiger partial charge in [0, 0.05) is 17.1 Å². The summed E-state index contributed by atoms with van der Waals surface area (Å²) in [5, 5.41) is 0.0891. The Hall–Kier alpha value is -0.670. The summed E-state index contributed by atoms with van der Waals surface area (Å²) in [6, 6.07) is 9.89. The van der Waals surface area contributed by atoms with E-state index < -0.39 is 10.8 Å². The maximum atomic E-state index is 11.4. The zero-order valence-electron chi connectivity index (χ0n) is 7.77. The van der Waals surface area contributed by atoms with Crippen molar-refractivity contribution in [3.05, 3.63) is 35.9 Å². The normalized spacial score (nSPS) is 15.2. The zero-order valence-corrected chi connectivity index (χ0v) is 8.59. The highest BCUT2D eigenvalue weighted by Crippen LogP contribution is 2.21. The first-order chi connectivity index (χ1) is 6.25. The van der Waals surface area contributed by atoms with Gasteiger partial charge >= 0.3 is 0 Å². The molecule has 0 saturated carbocycles. The van der Waals surface area contributed by atoms with Crippen LogP contribution in [0.4, 0.5) is 0 Å². The highest BCUT2D eigenvalue weighted by molar-refractivity contribution is 7.84. The number of hydrogen-bond donors (Lipinski definition) is 1. The van der Waals surface area contributed by atoms with E-state index in [1.54, 1.807) is 6.26 Å². The van der Waals surface area contributed by atoms with E-state index in [-0.39, 0.29) is 5.25 Å². The van der Waals surface area contributed by atoms with Crippen molar-refractivity contribution in [2.75, 3.05) is 12.8 Å². The summed E-state index contributed by atoms with van der Waals surface area (Å²) in [6.45, 7) is 0.582. The summed E-state index contributed by atoms with van der Waals surface area (Å²) in [5.74, 6) is 0. The lowest BCUT2D eigenvalue weighted by Gasteiger charge is -2.12. The fraction of sp³-hybridized carbons (Fsp3) is 0.400. The molecule has 3 heteroatoms. The predicted molar refractivity (Wildman–Crippen MR) is 56.9 cm³/mol. The highest BCUT2D eigenvalue weighted by atomic mass is 32.2. The van der Waals surface area contributed by atoms with Gasteiger partial charge in [0.1, 0.15) is 0 Å². The minimum atomic E-state index is -0.834. The van der Waals surface area contributed by atoms with Crippen LogP contribution in [0, 0.1) is 0 Å². The molecule has 72 valence electrons. The molecular weight excluding hydrogens is 182 g/mol. The molecule has 2 unspecified atom stereocenters. The molecule has 0 radical (unpaired) electrons. The Morgan fingerprint density at radius 3 is 2.46 bits per heavy atom. The van der Waals surface area contributed by atoms with Gasteiger partial charge < -0.3 is 5.73 Å². The van der Waals surface area contributed by atoms with Crippen LogP contribution in [0.2, 0.25) is 0 Å². The molecule has 2 atom stereocenters. The van der Waals surface area contributed by atoms with E-state index in [1.165, 1.54) is 0 Å². The summed E-state index contributed by atoms with van der Waals surface area (Å²) in [6.07, 6.45) is 2.51. The molecular formula is C10H15NOS. The van der Waals surface area contributed by atoms with Crippen LogP contribution in [0.15, 0.2) is 30.3 Å². The van der Waals surface area contributed by atoms with Gasteiger partial charge in [-0.2, -0.15) is 0 Å². The topological polar surface area (TPSA) is 43.1 Å². The molecule has 1 rings (SSSR count). The van der Waals surface area contributed by atoms with Crippen LogP contribution in [-0.4, -0.2) is 17.0 Å². The van der Waals surface area contributed by atoms with E-state index in [2.05, 4.69) is 0 Å². The van der Waals surface area contributed by atoms with Crippen molar-refractivity contribution in [2.24, 2.45) is 5.73 Å². The number of hydrogen-bond acceptors (Lipinski definition) is 2. The van der Waals surface area contributed by atoms with Crippen LogP contribution in [-0.2, 0) is 10.8 Å². The summed E-state index contributed by atoms with van der Waals surface area (Å²) in [4.78, 5) is 0. The van der Waals surface area contributed by atoms with Crippen molar-refractivity contribution in [1.29, 1.82) is 0 Å². The monoisotopic (exact) mass is 197 g/mol. The number of benzene rings is 1. The van der Waals surface area contributed by atoms with Crippen molar-refractivity contribution in [3.63, 3.8) is 0 Å². The molecule has 0 bridgehead atoms. The highest BCUT2D eigenvalue weighted by Gasteiger charge is 2.13. The van der Waals surface area contributed by atoms with Crippen LogP contribution in [0.3, 0.4) is 0 Å². The Morgan fingerprint density at radius 1 is 1.38 bits per heavy atom. The molecule has 0 heterocycles. The van der Waals surface area contributed by atoms with E-state index in [0.29, 0.717) is 6.54 Å². The number of rotatable bonds is 4.